The number of aromatic nitrogens is 2. The average Bonchev–Trinajstić information content (AvgIpc) is 3.27. The largest absolute Gasteiger partial charge is 0.460 e. The highest BCUT2D eigenvalue weighted by Crippen LogP contribution is 2.25. The zero-order chi connectivity index (χ0) is 19.0. The number of morpholine rings is 1. The minimum absolute atomic E-state index is 0.0120. The van der Waals surface area contributed by atoms with Gasteiger partial charge in [-0.25, -0.2) is 4.68 Å². The summed E-state index contributed by atoms with van der Waals surface area (Å²) in [4.78, 5) is 15.2. The molecule has 0 bridgehead atoms. The molecule has 2 aromatic heterocycles. The van der Waals surface area contributed by atoms with Gasteiger partial charge in [0.25, 0.3) is 5.91 Å². The number of carbonyl (C=O) groups is 1. The molecule has 6 heteroatoms. The molecule has 1 aliphatic rings. The number of carbonyl (C=O) groups excluding carboxylic acids is 1. The van der Waals surface area contributed by atoms with Gasteiger partial charge < -0.3 is 14.1 Å². The molecule has 0 radical (unpaired) electrons. The van der Waals surface area contributed by atoms with Gasteiger partial charge in [-0.3, -0.25) is 4.79 Å². The van der Waals surface area contributed by atoms with Crippen LogP contribution >= 0.6 is 0 Å². The van der Waals surface area contributed by atoms with E-state index in [4.69, 9.17) is 9.15 Å². The number of aryl methyl sites for hydroxylation is 1. The zero-order valence-electron chi connectivity index (χ0n) is 15.8. The third-order valence-corrected chi connectivity index (χ3v) is 4.63. The van der Waals surface area contributed by atoms with Crippen molar-refractivity contribution in [3.05, 3.63) is 60.0 Å². The number of hydrogen-bond donors (Lipinski definition) is 0. The molecule has 140 valence electrons. The van der Waals surface area contributed by atoms with Crippen LogP contribution in [0.1, 0.15) is 30.1 Å². The molecule has 3 heterocycles. The standard InChI is InChI=1S/C21H23N3O3/c1-14-9-10-20(27-14)18-11-19(24(22-18)17-7-5-4-6-8-17)21(25)23-12-15(2)26-16(3)13-23/h4-11,15-16H,12-13H2,1-3H3. The number of benzene rings is 1. The van der Waals surface area contributed by atoms with Gasteiger partial charge in [-0.15, -0.1) is 0 Å². The van der Waals surface area contributed by atoms with Crippen molar-refractivity contribution in [3.63, 3.8) is 0 Å². The van der Waals surface area contributed by atoms with E-state index in [0.29, 0.717) is 30.2 Å². The van der Waals surface area contributed by atoms with Crippen molar-refractivity contribution in [2.45, 2.75) is 33.0 Å². The van der Waals surface area contributed by atoms with E-state index in [1.165, 1.54) is 0 Å². The highest BCUT2D eigenvalue weighted by atomic mass is 16.5. The summed E-state index contributed by atoms with van der Waals surface area (Å²) in [7, 11) is 0. The van der Waals surface area contributed by atoms with Gasteiger partial charge in [0.05, 0.1) is 17.9 Å². The molecule has 1 amide bonds. The number of rotatable bonds is 3. The lowest BCUT2D eigenvalue weighted by atomic mass is 10.2. The molecule has 2 atom stereocenters. The van der Waals surface area contributed by atoms with Gasteiger partial charge in [0.15, 0.2) is 5.76 Å². The molecular formula is C21H23N3O3. The summed E-state index contributed by atoms with van der Waals surface area (Å²) in [5, 5.41) is 4.66. The molecule has 0 N–H and O–H groups in total. The predicted molar refractivity (Wildman–Crippen MR) is 102 cm³/mol. The summed E-state index contributed by atoms with van der Waals surface area (Å²) < 4.78 is 13.2. The Balaban J connectivity index is 1.76. The molecule has 0 saturated carbocycles. The SMILES string of the molecule is Cc1ccc(-c2cc(C(=O)N3CC(C)OC(C)C3)n(-c3ccccc3)n2)o1. The lowest BCUT2D eigenvalue weighted by molar-refractivity contribution is -0.0588. The number of nitrogens with zero attached hydrogens (tertiary/aromatic N) is 3. The lowest BCUT2D eigenvalue weighted by Gasteiger charge is -2.35. The number of hydrogen-bond acceptors (Lipinski definition) is 4. The van der Waals surface area contributed by atoms with Crippen LogP contribution in [0.15, 0.2) is 52.9 Å². The molecule has 3 aromatic rings. The number of para-hydroxylation sites is 1. The summed E-state index contributed by atoms with van der Waals surface area (Å²) in [5.41, 5.74) is 2.00. The minimum atomic E-state index is -0.0529. The summed E-state index contributed by atoms with van der Waals surface area (Å²) in [6.45, 7) is 7.00. The Morgan fingerprint density at radius 3 is 2.41 bits per heavy atom. The third kappa shape index (κ3) is 3.53. The topological polar surface area (TPSA) is 60.5 Å². The Hall–Kier alpha value is -2.86. The van der Waals surface area contributed by atoms with Crippen molar-refractivity contribution in [3.8, 4) is 17.1 Å². The quantitative estimate of drug-likeness (QED) is 0.710. The van der Waals surface area contributed by atoms with E-state index >= 15 is 0 Å². The van der Waals surface area contributed by atoms with Crippen LogP contribution in [0.25, 0.3) is 17.1 Å². The van der Waals surface area contributed by atoms with Gasteiger partial charge in [-0.05, 0) is 45.0 Å². The second kappa shape index (κ2) is 7.04. The molecule has 1 aliphatic heterocycles. The van der Waals surface area contributed by atoms with Crippen LogP contribution in [0.5, 0.6) is 0 Å². The van der Waals surface area contributed by atoms with E-state index in [9.17, 15) is 4.79 Å². The number of ether oxygens (including phenoxy) is 1. The van der Waals surface area contributed by atoms with E-state index < -0.39 is 0 Å². The van der Waals surface area contributed by atoms with E-state index in [-0.39, 0.29) is 18.1 Å². The van der Waals surface area contributed by atoms with Crippen LogP contribution < -0.4 is 0 Å². The minimum Gasteiger partial charge on any atom is -0.460 e. The molecule has 4 rings (SSSR count). The number of furan rings is 1. The molecule has 1 aromatic carbocycles. The van der Waals surface area contributed by atoms with Crippen molar-refractivity contribution in [2.24, 2.45) is 0 Å². The highest BCUT2D eigenvalue weighted by molar-refractivity contribution is 5.94. The van der Waals surface area contributed by atoms with Gasteiger partial charge in [0.1, 0.15) is 17.1 Å². The van der Waals surface area contributed by atoms with Crippen molar-refractivity contribution in [2.75, 3.05) is 13.1 Å². The van der Waals surface area contributed by atoms with Crippen LogP contribution in [0.3, 0.4) is 0 Å². The molecule has 1 saturated heterocycles. The monoisotopic (exact) mass is 365 g/mol. The van der Waals surface area contributed by atoms with Crippen LogP contribution in [0, 0.1) is 6.92 Å². The molecule has 0 spiro atoms. The Labute approximate surface area is 158 Å². The van der Waals surface area contributed by atoms with E-state index in [2.05, 4.69) is 5.10 Å². The van der Waals surface area contributed by atoms with Crippen molar-refractivity contribution >= 4 is 5.91 Å². The van der Waals surface area contributed by atoms with Crippen molar-refractivity contribution in [1.82, 2.24) is 14.7 Å². The first-order valence-corrected chi connectivity index (χ1v) is 9.18. The first-order chi connectivity index (χ1) is 13.0. The molecular weight excluding hydrogens is 342 g/mol. The smallest absolute Gasteiger partial charge is 0.272 e. The normalized spacial score (nSPS) is 20.0. The Kier molecular flexibility index (Phi) is 4.58. The van der Waals surface area contributed by atoms with Gasteiger partial charge in [-0.2, -0.15) is 5.10 Å². The van der Waals surface area contributed by atoms with Crippen molar-refractivity contribution in [1.29, 1.82) is 0 Å². The molecule has 6 nitrogen and oxygen atoms in total. The summed E-state index contributed by atoms with van der Waals surface area (Å²) >= 11 is 0. The van der Waals surface area contributed by atoms with E-state index in [0.717, 1.165) is 11.4 Å². The number of amides is 1. The average molecular weight is 365 g/mol. The van der Waals surface area contributed by atoms with Gasteiger partial charge >= 0.3 is 0 Å². The Morgan fingerprint density at radius 1 is 1.07 bits per heavy atom. The highest BCUT2D eigenvalue weighted by Gasteiger charge is 2.29. The Morgan fingerprint density at radius 2 is 1.78 bits per heavy atom. The summed E-state index contributed by atoms with van der Waals surface area (Å²) in [6, 6.07) is 15.2. The molecule has 2 unspecified atom stereocenters. The second-order valence-electron chi connectivity index (χ2n) is 7.04. The zero-order valence-corrected chi connectivity index (χ0v) is 15.8. The first-order valence-electron chi connectivity index (χ1n) is 9.18. The van der Waals surface area contributed by atoms with Crippen LogP contribution in [0.4, 0.5) is 0 Å². The van der Waals surface area contributed by atoms with Crippen LogP contribution in [0.2, 0.25) is 0 Å². The molecule has 0 aliphatic carbocycles. The maximum Gasteiger partial charge on any atom is 0.272 e. The summed E-state index contributed by atoms with van der Waals surface area (Å²) in [5.74, 6) is 1.41. The van der Waals surface area contributed by atoms with Crippen LogP contribution in [-0.2, 0) is 4.74 Å². The second-order valence-corrected chi connectivity index (χ2v) is 7.04. The molecule has 27 heavy (non-hydrogen) atoms. The van der Waals surface area contributed by atoms with E-state index in [1.807, 2.05) is 68.1 Å². The summed E-state index contributed by atoms with van der Waals surface area (Å²) in [6.07, 6.45) is 0.0241. The fraction of sp³-hybridized carbons (Fsp3) is 0.333. The fourth-order valence-electron chi connectivity index (χ4n) is 3.50. The van der Waals surface area contributed by atoms with Gasteiger partial charge in [0, 0.05) is 19.2 Å². The first kappa shape index (κ1) is 17.5. The Bertz CT molecular complexity index is 935. The fourth-order valence-corrected chi connectivity index (χ4v) is 3.50. The molecule has 1 fully saturated rings. The van der Waals surface area contributed by atoms with Gasteiger partial charge in [0.2, 0.25) is 0 Å². The lowest BCUT2D eigenvalue weighted by Crippen LogP contribution is -2.48. The van der Waals surface area contributed by atoms with E-state index in [1.54, 1.807) is 10.7 Å². The van der Waals surface area contributed by atoms with Gasteiger partial charge in [-0.1, -0.05) is 18.2 Å². The third-order valence-electron chi connectivity index (χ3n) is 4.63. The maximum absolute atomic E-state index is 13.3. The maximum atomic E-state index is 13.3. The van der Waals surface area contributed by atoms with Crippen LogP contribution in [-0.4, -0.2) is 45.9 Å². The predicted octanol–water partition coefficient (Wildman–Crippen LogP) is 3.69. The van der Waals surface area contributed by atoms with Crippen molar-refractivity contribution < 1.29 is 13.9 Å².